The van der Waals surface area contributed by atoms with E-state index in [1.54, 1.807) is 0 Å². The van der Waals surface area contributed by atoms with E-state index in [-0.39, 0.29) is 17.5 Å². The molecule has 0 spiro atoms. The highest BCUT2D eigenvalue weighted by Crippen LogP contribution is 2.17. The zero-order valence-electron chi connectivity index (χ0n) is 9.13. The molecule has 4 nitrogen and oxygen atoms in total. The van der Waals surface area contributed by atoms with Gasteiger partial charge >= 0.3 is 0 Å². The van der Waals surface area contributed by atoms with Crippen molar-refractivity contribution < 1.29 is 4.79 Å². The minimum absolute atomic E-state index is 0.108. The Morgan fingerprint density at radius 2 is 2.19 bits per heavy atom. The van der Waals surface area contributed by atoms with Gasteiger partial charge in [0.15, 0.2) is 0 Å². The Kier molecular flexibility index (Phi) is 5.73. The lowest BCUT2D eigenvalue weighted by Gasteiger charge is -2.10. The van der Waals surface area contributed by atoms with Crippen molar-refractivity contribution in [3.8, 4) is 6.07 Å². The maximum Gasteiger partial charge on any atom is 0.263 e. The number of carbonyl (C=O) groups is 1. The van der Waals surface area contributed by atoms with Crippen LogP contribution in [-0.2, 0) is 4.79 Å². The molecule has 0 aromatic carbocycles. The molecule has 1 rings (SSSR count). The maximum absolute atomic E-state index is 11.6. The molecule has 0 bridgehead atoms. The molecular formula is C11H16ClN3O. The minimum atomic E-state index is -0.295. The molecule has 88 valence electrons. The zero-order chi connectivity index (χ0) is 11.8. The molecular weight excluding hydrogens is 226 g/mol. The number of rotatable bonds is 5. The summed E-state index contributed by atoms with van der Waals surface area (Å²) in [5.41, 5.74) is 0.108. The van der Waals surface area contributed by atoms with E-state index >= 15 is 0 Å². The molecule has 0 radical (unpaired) electrons. The number of hydrogen-bond acceptors (Lipinski definition) is 3. The largest absolute Gasteiger partial charge is 0.388 e. The normalized spacial score (nSPS) is 16.9. The third-order valence-corrected chi connectivity index (χ3v) is 2.73. The van der Waals surface area contributed by atoms with Gasteiger partial charge in [-0.2, -0.15) is 5.26 Å². The second-order valence-corrected chi connectivity index (χ2v) is 4.15. The van der Waals surface area contributed by atoms with Crippen molar-refractivity contribution in [2.24, 2.45) is 0 Å². The molecule has 5 heteroatoms. The third-order valence-electron chi connectivity index (χ3n) is 2.54. The summed E-state index contributed by atoms with van der Waals surface area (Å²) >= 11 is 5.47. The molecule has 1 fully saturated rings. The number of nitriles is 1. The van der Waals surface area contributed by atoms with E-state index in [9.17, 15) is 4.79 Å². The first-order chi connectivity index (χ1) is 7.77. The van der Waals surface area contributed by atoms with Gasteiger partial charge in [0.25, 0.3) is 5.91 Å². The van der Waals surface area contributed by atoms with Gasteiger partial charge in [-0.1, -0.05) is 12.8 Å². The lowest BCUT2D eigenvalue weighted by Crippen LogP contribution is -2.34. The lowest BCUT2D eigenvalue weighted by atomic mass is 10.2. The van der Waals surface area contributed by atoms with Crippen molar-refractivity contribution in [3.63, 3.8) is 0 Å². The lowest BCUT2D eigenvalue weighted by molar-refractivity contribution is -0.117. The summed E-state index contributed by atoms with van der Waals surface area (Å²) in [6.45, 7) is 0.545. The molecule has 0 heterocycles. The number of hydrogen-bond donors (Lipinski definition) is 2. The maximum atomic E-state index is 11.6. The molecule has 0 unspecified atom stereocenters. The summed E-state index contributed by atoms with van der Waals surface area (Å²) < 4.78 is 0. The van der Waals surface area contributed by atoms with Gasteiger partial charge in [-0.3, -0.25) is 4.79 Å². The number of carbonyl (C=O) groups excluding carboxylic acids is 1. The second-order valence-electron chi connectivity index (χ2n) is 3.77. The van der Waals surface area contributed by atoms with E-state index in [1.807, 2.05) is 6.07 Å². The molecule has 16 heavy (non-hydrogen) atoms. The monoisotopic (exact) mass is 241 g/mol. The van der Waals surface area contributed by atoms with Crippen LogP contribution in [-0.4, -0.2) is 24.4 Å². The number of amides is 1. The number of nitrogens with one attached hydrogen (secondary N) is 2. The number of halogens is 1. The van der Waals surface area contributed by atoms with Gasteiger partial charge in [0.1, 0.15) is 11.6 Å². The Labute approximate surface area is 101 Å². The van der Waals surface area contributed by atoms with Crippen LogP contribution in [0.5, 0.6) is 0 Å². The van der Waals surface area contributed by atoms with E-state index in [0.29, 0.717) is 12.4 Å². The van der Waals surface area contributed by atoms with Crippen LogP contribution in [0.15, 0.2) is 11.8 Å². The topological polar surface area (TPSA) is 64.9 Å². The Morgan fingerprint density at radius 1 is 1.50 bits per heavy atom. The van der Waals surface area contributed by atoms with E-state index in [1.165, 1.54) is 6.20 Å². The molecule has 1 amide bonds. The fraction of sp³-hybridized carbons (Fsp3) is 0.636. The molecule has 0 aliphatic heterocycles. The van der Waals surface area contributed by atoms with E-state index in [4.69, 9.17) is 16.9 Å². The smallest absolute Gasteiger partial charge is 0.263 e. The number of nitrogens with zero attached hydrogens (tertiary/aromatic N) is 1. The van der Waals surface area contributed by atoms with Gasteiger partial charge in [0.2, 0.25) is 0 Å². The first-order valence-corrected chi connectivity index (χ1v) is 6.02. The van der Waals surface area contributed by atoms with Gasteiger partial charge in [-0.15, -0.1) is 11.6 Å². The quantitative estimate of drug-likeness (QED) is 0.330. The van der Waals surface area contributed by atoms with Gasteiger partial charge in [0.05, 0.1) is 0 Å². The highest BCUT2D eigenvalue weighted by molar-refractivity contribution is 6.18. The van der Waals surface area contributed by atoms with Crippen LogP contribution in [0.25, 0.3) is 0 Å². The Morgan fingerprint density at radius 3 is 2.75 bits per heavy atom. The predicted molar refractivity (Wildman–Crippen MR) is 62.8 cm³/mol. The van der Waals surface area contributed by atoms with Crippen LogP contribution >= 0.6 is 11.6 Å². The molecule has 2 N–H and O–H groups in total. The van der Waals surface area contributed by atoms with Gasteiger partial charge in [-0.05, 0) is 12.8 Å². The first kappa shape index (κ1) is 12.9. The van der Waals surface area contributed by atoms with Crippen molar-refractivity contribution in [2.75, 3.05) is 12.4 Å². The fourth-order valence-corrected chi connectivity index (χ4v) is 1.82. The highest BCUT2D eigenvalue weighted by Gasteiger charge is 2.18. The summed E-state index contributed by atoms with van der Waals surface area (Å²) in [5.74, 6) is 0.149. The molecule has 0 atom stereocenters. The average Bonchev–Trinajstić information content (AvgIpc) is 2.77. The third kappa shape index (κ3) is 4.11. The molecule has 1 aliphatic rings. The molecule has 1 saturated carbocycles. The van der Waals surface area contributed by atoms with Gasteiger partial charge < -0.3 is 10.6 Å². The summed E-state index contributed by atoms with van der Waals surface area (Å²) in [4.78, 5) is 11.6. The van der Waals surface area contributed by atoms with Crippen molar-refractivity contribution in [1.82, 2.24) is 10.6 Å². The second kappa shape index (κ2) is 7.13. The summed E-state index contributed by atoms with van der Waals surface area (Å²) in [5, 5.41) is 14.5. The van der Waals surface area contributed by atoms with E-state index in [0.717, 1.165) is 25.7 Å². The molecule has 1 aliphatic carbocycles. The van der Waals surface area contributed by atoms with Crippen LogP contribution in [0.2, 0.25) is 0 Å². The summed E-state index contributed by atoms with van der Waals surface area (Å²) in [6.07, 6.45) is 5.76. The molecule has 0 saturated heterocycles. The van der Waals surface area contributed by atoms with Crippen molar-refractivity contribution in [3.05, 3.63) is 11.8 Å². The molecule has 0 aromatic heterocycles. The van der Waals surface area contributed by atoms with Crippen molar-refractivity contribution in [1.29, 1.82) is 5.26 Å². The standard InChI is InChI=1S/C11H16ClN3O/c12-5-6-14-8-9(7-13)11(16)15-10-3-1-2-4-10/h8,10,14H,1-6H2,(H,15,16)/b9-8-. The van der Waals surface area contributed by atoms with Gasteiger partial charge in [0, 0.05) is 24.7 Å². The Bertz CT molecular complexity index is 303. The van der Waals surface area contributed by atoms with Crippen molar-refractivity contribution >= 4 is 17.5 Å². The van der Waals surface area contributed by atoms with Crippen LogP contribution in [0.3, 0.4) is 0 Å². The SMILES string of the molecule is N#C/C(=C/NCCCl)C(=O)NC1CCCC1. The van der Waals surface area contributed by atoms with Gasteiger partial charge in [-0.25, -0.2) is 0 Å². The first-order valence-electron chi connectivity index (χ1n) is 5.48. The van der Waals surface area contributed by atoms with Crippen LogP contribution < -0.4 is 10.6 Å². The van der Waals surface area contributed by atoms with E-state index < -0.39 is 0 Å². The predicted octanol–water partition coefficient (Wildman–Crippen LogP) is 1.28. The Balaban J connectivity index is 2.42. The van der Waals surface area contributed by atoms with Crippen LogP contribution in [0.1, 0.15) is 25.7 Å². The van der Waals surface area contributed by atoms with E-state index in [2.05, 4.69) is 10.6 Å². The van der Waals surface area contributed by atoms with Crippen LogP contribution in [0, 0.1) is 11.3 Å². The minimum Gasteiger partial charge on any atom is -0.388 e. The number of alkyl halides is 1. The fourth-order valence-electron chi connectivity index (χ4n) is 1.71. The Hall–Kier alpha value is -1.21. The summed E-state index contributed by atoms with van der Waals surface area (Å²) in [6, 6.07) is 2.11. The van der Waals surface area contributed by atoms with Crippen molar-refractivity contribution in [2.45, 2.75) is 31.7 Å². The van der Waals surface area contributed by atoms with Crippen LogP contribution in [0.4, 0.5) is 0 Å². The molecule has 0 aromatic rings. The average molecular weight is 242 g/mol. The summed E-state index contributed by atoms with van der Waals surface area (Å²) in [7, 11) is 0. The zero-order valence-corrected chi connectivity index (χ0v) is 9.89. The highest BCUT2D eigenvalue weighted by atomic mass is 35.5.